The van der Waals surface area contributed by atoms with E-state index in [0.717, 1.165) is 36.6 Å². The molecule has 0 bridgehead atoms. The third-order valence-corrected chi connectivity index (χ3v) is 3.31. The van der Waals surface area contributed by atoms with Crippen LogP contribution < -0.4 is 5.32 Å². The lowest BCUT2D eigenvalue weighted by Crippen LogP contribution is -2.14. The maximum atomic E-state index is 6.10. The fourth-order valence-electron chi connectivity index (χ4n) is 2.07. The zero-order valence-electron chi connectivity index (χ0n) is 11.5. The van der Waals surface area contributed by atoms with Crippen molar-refractivity contribution in [3.8, 4) is 11.1 Å². The Morgan fingerprint density at radius 3 is 2.84 bits per heavy atom. The van der Waals surface area contributed by atoms with Crippen LogP contribution in [0.3, 0.4) is 0 Å². The second-order valence-corrected chi connectivity index (χ2v) is 5.00. The molecule has 0 aliphatic rings. The molecule has 1 aromatic carbocycles. The second kappa shape index (κ2) is 6.73. The van der Waals surface area contributed by atoms with Crippen LogP contribution in [0.25, 0.3) is 11.1 Å². The zero-order chi connectivity index (χ0) is 13.7. The van der Waals surface area contributed by atoms with E-state index < -0.39 is 0 Å². The lowest BCUT2D eigenvalue weighted by molar-refractivity contribution is 0.660. The van der Waals surface area contributed by atoms with Gasteiger partial charge in [0.2, 0.25) is 0 Å². The van der Waals surface area contributed by atoms with E-state index in [4.69, 9.17) is 11.6 Å². The summed E-state index contributed by atoms with van der Waals surface area (Å²) in [6.45, 7) is 6.98. The molecule has 0 unspecified atom stereocenters. The summed E-state index contributed by atoms with van der Waals surface area (Å²) in [6, 6.07) is 6.04. The van der Waals surface area contributed by atoms with E-state index in [1.165, 1.54) is 11.1 Å². The maximum Gasteiger partial charge on any atom is 0.0568 e. The molecule has 2 aromatic rings. The van der Waals surface area contributed by atoms with Gasteiger partial charge >= 0.3 is 0 Å². The molecule has 1 N–H and O–H groups in total. The molecule has 102 valence electrons. The van der Waals surface area contributed by atoms with Gasteiger partial charge < -0.3 is 5.32 Å². The van der Waals surface area contributed by atoms with Crippen molar-refractivity contribution in [1.29, 1.82) is 0 Å². The van der Waals surface area contributed by atoms with E-state index in [1.54, 1.807) is 0 Å². The van der Waals surface area contributed by atoms with E-state index in [1.807, 2.05) is 23.0 Å². The van der Waals surface area contributed by atoms with Gasteiger partial charge in [0.25, 0.3) is 0 Å². The molecule has 3 nitrogen and oxygen atoms in total. The minimum Gasteiger partial charge on any atom is -0.313 e. The minimum atomic E-state index is 0.778. The van der Waals surface area contributed by atoms with Gasteiger partial charge in [0.05, 0.1) is 6.20 Å². The summed E-state index contributed by atoms with van der Waals surface area (Å²) in [7, 11) is 0. The number of rotatable bonds is 6. The summed E-state index contributed by atoms with van der Waals surface area (Å²) in [5, 5.41) is 8.54. The number of benzene rings is 1. The smallest absolute Gasteiger partial charge is 0.0568 e. The number of aryl methyl sites for hydroxylation is 1. The Bertz CT molecular complexity index is 534. The quantitative estimate of drug-likeness (QED) is 0.816. The topological polar surface area (TPSA) is 29.9 Å². The van der Waals surface area contributed by atoms with Crippen LogP contribution in [0.1, 0.15) is 25.8 Å². The molecule has 0 saturated carbocycles. The lowest BCUT2D eigenvalue weighted by atomic mass is 10.0. The van der Waals surface area contributed by atoms with Gasteiger partial charge in [0, 0.05) is 29.9 Å². The molecule has 0 aliphatic heterocycles. The molecule has 19 heavy (non-hydrogen) atoms. The van der Waals surface area contributed by atoms with Crippen LogP contribution >= 0.6 is 11.6 Å². The molecule has 0 saturated heterocycles. The molecule has 1 heterocycles. The summed E-state index contributed by atoms with van der Waals surface area (Å²) in [4.78, 5) is 0. The molecular formula is C15H20ClN3. The van der Waals surface area contributed by atoms with Crippen molar-refractivity contribution >= 4 is 11.6 Å². The van der Waals surface area contributed by atoms with Crippen molar-refractivity contribution < 1.29 is 0 Å². The van der Waals surface area contributed by atoms with Crippen LogP contribution in [0, 0.1) is 0 Å². The first kappa shape index (κ1) is 14.1. The number of aromatic nitrogens is 2. The van der Waals surface area contributed by atoms with E-state index >= 15 is 0 Å². The van der Waals surface area contributed by atoms with Crippen molar-refractivity contribution in [3.05, 3.63) is 41.2 Å². The Hall–Kier alpha value is -1.32. The van der Waals surface area contributed by atoms with Gasteiger partial charge in [-0.3, -0.25) is 4.68 Å². The Labute approximate surface area is 119 Å². The Morgan fingerprint density at radius 1 is 1.32 bits per heavy atom. The second-order valence-electron chi connectivity index (χ2n) is 4.56. The van der Waals surface area contributed by atoms with E-state index in [-0.39, 0.29) is 0 Å². The summed E-state index contributed by atoms with van der Waals surface area (Å²) >= 11 is 6.10. The number of nitrogens with one attached hydrogen (secondary N) is 1. The average Bonchev–Trinajstić information content (AvgIpc) is 2.88. The van der Waals surface area contributed by atoms with Crippen molar-refractivity contribution in [2.45, 2.75) is 33.4 Å². The summed E-state index contributed by atoms with van der Waals surface area (Å²) < 4.78 is 1.94. The number of hydrogen-bond acceptors (Lipinski definition) is 2. The molecule has 1 aromatic heterocycles. The molecule has 0 aliphatic carbocycles. The Morgan fingerprint density at radius 2 is 2.16 bits per heavy atom. The highest BCUT2D eigenvalue weighted by molar-refractivity contribution is 6.30. The van der Waals surface area contributed by atoms with Gasteiger partial charge in [-0.25, -0.2) is 0 Å². The molecule has 0 radical (unpaired) electrons. The van der Waals surface area contributed by atoms with E-state index in [2.05, 4.69) is 36.5 Å². The van der Waals surface area contributed by atoms with Gasteiger partial charge in [-0.05, 0) is 43.1 Å². The normalized spacial score (nSPS) is 10.9. The first-order valence-electron chi connectivity index (χ1n) is 6.76. The third-order valence-electron chi connectivity index (χ3n) is 3.08. The fourth-order valence-corrected chi connectivity index (χ4v) is 2.26. The van der Waals surface area contributed by atoms with Crippen LogP contribution in [-0.4, -0.2) is 16.3 Å². The average molecular weight is 278 g/mol. The lowest BCUT2D eigenvalue weighted by Gasteiger charge is -2.09. The SMILES string of the molecule is CCCNCc1cc(Cl)ccc1-c1cnn(CC)c1. The molecule has 2 rings (SSSR count). The fraction of sp³-hybridized carbons (Fsp3) is 0.400. The van der Waals surface area contributed by atoms with Crippen molar-refractivity contribution in [2.24, 2.45) is 0 Å². The summed E-state index contributed by atoms with van der Waals surface area (Å²) in [6.07, 6.45) is 5.12. The van der Waals surface area contributed by atoms with E-state index in [0.29, 0.717) is 0 Å². The van der Waals surface area contributed by atoms with E-state index in [9.17, 15) is 0 Å². The Kier molecular flexibility index (Phi) is 5.00. The predicted octanol–water partition coefficient (Wildman–Crippen LogP) is 3.72. The van der Waals surface area contributed by atoms with Crippen molar-refractivity contribution in [1.82, 2.24) is 15.1 Å². The monoisotopic (exact) mass is 277 g/mol. The van der Waals surface area contributed by atoms with Gasteiger partial charge in [0.1, 0.15) is 0 Å². The number of hydrogen-bond donors (Lipinski definition) is 1. The Balaban J connectivity index is 2.27. The zero-order valence-corrected chi connectivity index (χ0v) is 12.2. The maximum absolute atomic E-state index is 6.10. The minimum absolute atomic E-state index is 0.778. The molecular weight excluding hydrogens is 258 g/mol. The number of halogens is 1. The van der Waals surface area contributed by atoms with Crippen LogP contribution in [-0.2, 0) is 13.1 Å². The highest BCUT2D eigenvalue weighted by Gasteiger charge is 2.08. The standard InChI is InChI=1S/C15H20ClN3/c1-3-7-17-9-12-8-14(16)5-6-15(12)13-10-18-19(4-2)11-13/h5-6,8,10-11,17H,3-4,7,9H2,1-2H3. The molecule has 0 amide bonds. The van der Waals surface area contributed by atoms with Crippen molar-refractivity contribution in [2.75, 3.05) is 6.54 Å². The molecule has 0 atom stereocenters. The van der Waals surface area contributed by atoms with Gasteiger partial charge in [-0.1, -0.05) is 24.6 Å². The van der Waals surface area contributed by atoms with Crippen LogP contribution in [0.4, 0.5) is 0 Å². The highest BCUT2D eigenvalue weighted by atomic mass is 35.5. The molecule has 0 fully saturated rings. The summed E-state index contributed by atoms with van der Waals surface area (Å²) in [5.74, 6) is 0. The summed E-state index contributed by atoms with van der Waals surface area (Å²) in [5.41, 5.74) is 3.57. The highest BCUT2D eigenvalue weighted by Crippen LogP contribution is 2.26. The molecule has 0 spiro atoms. The first-order valence-corrected chi connectivity index (χ1v) is 7.14. The van der Waals surface area contributed by atoms with Crippen LogP contribution in [0.5, 0.6) is 0 Å². The predicted molar refractivity (Wildman–Crippen MR) is 80.3 cm³/mol. The number of nitrogens with zero attached hydrogens (tertiary/aromatic N) is 2. The van der Waals surface area contributed by atoms with Gasteiger partial charge in [-0.15, -0.1) is 0 Å². The largest absolute Gasteiger partial charge is 0.313 e. The van der Waals surface area contributed by atoms with Gasteiger partial charge in [-0.2, -0.15) is 5.10 Å². The van der Waals surface area contributed by atoms with Crippen LogP contribution in [0.2, 0.25) is 5.02 Å². The van der Waals surface area contributed by atoms with Gasteiger partial charge in [0.15, 0.2) is 0 Å². The molecule has 4 heteroatoms. The first-order chi connectivity index (χ1) is 9.24. The van der Waals surface area contributed by atoms with Crippen LogP contribution in [0.15, 0.2) is 30.6 Å². The van der Waals surface area contributed by atoms with Crippen molar-refractivity contribution in [3.63, 3.8) is 0 Å². The third kappa shape index (κ3) is 3.58.